The van der Waals surface area contributed by atoms with Gasteiger partial charge in [0.2, 0.25) is 0 Å². The summed E-state index contributed by atoms with van der Waals surface area (Å²) in [5.41, 5.74) is 1.51. The number of hydrogen-bond donors (Lipinski definition) is 1. The van der Waals surface area contributed by atoms with E-state index >= 15 is 0 Å². The van der Waals surface area contributed by atoms with Crippen molar-refractivity contribution in [3.63, 3.8) is 0 Å². The Bertz CT molecular complexity index is 317. The molecule has 1 rings (SSSR count). The van der Waals surface area contributed by atoms with Crippen LogP contribution in [-0.4, -0.2) is 23.4 Å². The Morgan fingerprint density at radius 1 is 1.50 bits per heavy atom. The van der Waals surface area contributed by atoms with Crippen molar-refractivity contribution in [3.05, 3.63) is 18.0 Å². The van der Waals surface area contributed by atoms with E-state index in [4.69, 9.17) is 0 Å². The first-order chi connectivity index (χ1) is 7.50. The van der Waals surface area contributed by atoms with Gasteiger partial charge in [0.25, 0.3) is 0 Å². The van der Waals surface area contributed by atoms with Crippen LogP contribution in [0.3, 0.4) is 0 Å². The average molecular weight is 223 g/mol. The molecular formula is C13H25N3. The second kappa shape index (κ2) is 5.48. The minimum atomic E-state index is 0.310. The molecule has 1 unspecified atom stereocenters. The normalized spacial score (nSPS) is 15.4. The molecule has 0 spiro atoms. The monoisotopic (exact) mass is 223 g/mol. The molecule has 16 heavy (non-hydrogen) atoms. The quantitative estimate of drug-likeness (QED) is 0.803. The predicted octanol–water partition coefficient (Wildman–Crippen LogP) is 2.64. The maximum Gasteiger partial charge on any atom is 0.0630 e. The van der Waals surface area contributed by atoms with Crippen LogP contribution >= 0.6 is 0 Å². The molecule has 92 valence electrons. The minimum absolute atomic E-state index is 0.310. The Hall–Kier alpha value is -0.830. The lowest BCUT2D eigenvalue weighted by Crippen LogP contribution is -2.31. The van der Waals surface area contributed by atoms with Crippen LogP contribution in [0.2, 0.25) is 0 Å². The number of rotatable bonds is 6. The van der Waals surface area contributed by atoms with Crippen molar-refractivity contribution in [1.29, 1.82) is 0 Å². The molecule has 0 fully saturated rings. The van der Waals surface area contributed by atoms with Gasteiger partial charge in [-0.2, -0.15) is 5.10 Å². The van der Waals surface area contributed by atoms with Crippen molar-refractivity contribution >= 4 is 0 Å². The van der Waals surface area contributed by atoms with E-state index in [2.05, 4.69) is 50.4 Å². The summed E-state index contributed by atoms with van der Waals surface area (Å²) in [7, 11) is 2.01. The Kier molecular flexibility index (Phi) is 4.54. The van der Waals surface area contributed by atoms with Gasteiger partial charge in [0.15, 0.2) is 0 Å². The predicted molar refractivity (Wildman–Crippen MR) is 68.6 cm³/mol. The zero-order valence-electron chi connectivity index (χ0n) is 11.2. The van der Waals surface area contributed by atoms with Crippen LogP contribution in [0.15, 0.2) is 12.3 Å². The van der Waals surface area contributed by atoms with E-state index in [1.54, 1.807) is 0 Å². The molecule has 0 bridgehead atoms. The maximum absolute atomic E-state index is 4.61. The van der Waals surface area contributed by atoms with Gasteiger partial charge in [0, 0.05) is 18.8 Å². The third-order valence-corrected chi connectivity index (χ3v) is 3.26. The van der Waals surface area contributed by atoms with Crippen molar-refractivity contribution in [1.82, 2.24) is 15.1 Å². The van der Waals surface area contributed by atoms with Gasteiger partial charge in [-0.3, -0.25) is 4.68 Å². The molecule has 0 aliphatic heterocycles. The fraction of sp³-hybridized carbons (Fsp3) is 0.769. The summed E-state index contributed by atoms with van der Waals surface area (Å²) >= 11 is 0. The number of aromatic nitrogens is 2. The molecule has 0 aromatic carbocycles. The molecule has 0 radical (unpaired) electrons. The van der Waals surface area contributed by atoms with Crippen LogP contribution < -0.4 is 5.32 Å². The van der Waals surface area contributed by atoms with Crippen LogP contribution in [0.5, 0.6) is 0 Å². The lowest BCUT2D eigenvalue weighted by Gasteiger charge is -2.27. The second-order valence-corrected chi connectivity index (χ2v) is 5.25. The highest BCUT2D eigenvalue weighted by Gasteiger charge is 2.22. The first-order valence-electron chi connectivity index (χ1n) is 6.19. The van der Waals surface area contributed by atoms with E-state index in [1.807, 2.05) is 11.7 Å². The molecule has 0 saturated heterocycles. The molecule has 3 heteroatoms. The lowest BCUT2D eigenvalue weighted by molar-refractivity contribution is 0.294. The number of nitrogens with zero attached hydrogens (tertiary/aromatic N) is 2. The van der Waals surface area contributed by atoms with E-state index in [0.29, 0.717) is 11.5 Å². The van der Waals surface area contributed by atoms with Crippen molar-refractivity contribution in [2.75, 3.05) is 13.6 Å². The maximum atomic E-state index is 4.61. The summed E-state index contributed by atoms with van der Waals surface area (Å²) in [5, 5.41) is 7.89. The molecule has 0 aliphatic carbocycles. The zero-order valence-corrected chi connectivity index (χ0v) is 11.2. The Labute approximate surface area is 99.2 Å². The average Bonchev–Trinajstić information content (AvgIpc) is 2.66. The second-order valence-electron chi connectivity index (χ2n) is 5.25. The Morgan fingerprint density at radius 3 is 2.62 bits per heavy atom. The summed E-state index contributed by atoms with van der Waals surface area (Å²) in [5.74, 6) is 0. The van der Waals surface area contributed by atoms with E-state index in [1.165, 1.54) is 12.1 Å². The van der Waals surface area contributed by atoms with Gasteiger partial charge in [-0.25, -0.2) is 0 Å². The van der Waals surface area contributed by atoms with Gasteiger partial charge in [0.05, 0.1) is 5.69 Å². The highest BCUT2D eigenvalue weighted by atomic mass is 15.3. The molecule has 1 N–H and O–H groups in total. The number of hydrogen-bond acceptors (Lipinski definition) is 2. The summed E-state index contributed by atoms with van der Waals surface area (Å²) in [4.78, 5) is 0. The van der Waals surface area contributed by atoms with Crippen LogP contribution in [0.4, 0.5) is 0 Å². The van der Waals surface area contributed by atoms with Gasteiger partial charge >= 0.3 is 0 Å². The van der Waals surface area contributed by atoms with E-state index in [9.17, 15) is 0 Å². The first kappa shape index (κ1) is 13.2. The number of nitrogens with one attached hydrogen (secondary N) is 1. The Morgan fingerprint density at radius 2 is 2.19 bits per heavy atom. The van der Waals surface area contributed by atoms with Gasteiger partial charge in [-0.05, 0) is 45.2 Å². The molecular weight excluding hydrogens is 198 g/mol. The van der Waals surface area contributed by atoms with Crippen molar-refractivity contribution in [3.8, 4) is 0 Å². The fourth-order valence-electron chi connectivity index (χ4n) is 1.94. The smallest absolute Gasteiger partial charge is 0.0630 e. The van der Waals surface area contributed by atoms with Gasteiger partial charge < -0.3 is 5.32 Å². The van der Waals surface area contributed by atoms with Crippen molar-refractivity contribution in [2.45, 2.75) is 46.6 Å². The SMILES string of the molecule is CCC(C)(CNC)Cc1ccn(C(C)C)n1. The summed E-state index contributed by atoms with van der Waals surface area (Å²) in [6.45, 7) is 9.92. The highest BCUT2D eigenvalue weighted by molar-refractivity contribution is 5.03. The fourth-order valence-corrected chi connectivity index (χ4v) is 1.94. The highest BCUT2D eigenvalue weighted by Crippen LogP contribution is 2.25. The van der Waals surface area contributed by atoms with Crippen LogP contribution in [0, 0.1) is 5.41 Å². The van der Waals surface area contributed by atoms with Crippen LogP contribution in [0.25, 0.3) is 0 Å². The first-order valence-corrected chi connectivity index (χ1v) is 6.19. The topological polar surface area (TPSA) is 29.9 Å². The Balaban J connectivity index is 2.70. The molecule has 0 amide bonds. The molecule has 0 saturated carbocycles. The lowest BCUT2D eigenvalue weighted by atomic mass is 9.83. The van der Waals surface area contributed by atoms with Crippen LogP contribution in [0.1, 0.15) is 45.9 Å². The third kappa shape index (κ3) is 3.34. The third-order valence-electron chi connectivity index (χ3n) is 3.26. The summed E-state index contributed by atoms with van der Waals surface area (Å²) in [6, 6.07) is 2.59. The minimum Gasteiger partial charge on any atom is -0.319 e. The summed E-state index contributed by atoms with van der Waals surface area (Å²) < 4.78 is 2.03. The van der Waals surface area contributed by atoms with Crippen molar-refractivity contribution in [2.24, 2.45) is 5.41 Å². The molecule has 3 nitrogen and oxygen atoms in total. The summed E-state index contributed by atoms with van der Waals surface area (Å²) in [6.07, 6.45) is 4.29. The van der Waals surface area contributed by atoms with E-state index in [-0.39, 0.29) is 0 Å². The van der Waals surface area contributed by atoms with Gasteiger partial charge in [-0.1, -0.05) is 13.8 Å². The molecule has 0 aliphatic rings. The van der Waals surface area contributed by atoms with E-state index in [0.717, 1.165) is 13.0 Å². The van der Waals surface area contributed by atoms with Gasteiger partial charge in [-0.15, -0.1) is 0 Å². The molecule has 1 heterocycles. The zero-order chi connectivity index (χ0) is 12.2. The largest absolute Gasteiger partial charge is 0.319 e. The van der Waals surface area contributed by atoms with Gasteiger partial charge in [0.1, 0.15) is 0 Å². The molecule has 1 atom stereocenters. The van der Waals surface area contributed by atoms with Crippen molar-refractivity contribution < 1.29 is 0 Å². The standard InChI is InChI=1S/C13H25N3/c1-6-13(4,10-14-5)9-12-7-8-16(15-12)11(2)3/h7-8,11,14H,6,9-10H2,1-5H3. The molecule has 1 aromatic rings. The van der Waals surface area contributed by atoms with Crippen LogP contribution in [-0.2, 0) is 6.42 Å². The molecule has 1 aromatic heterocycles. The van der Waals surface area contributed by atoms with E-state index < -0.39 is 0 Å².